The lowest BCUT2D eigenvalue weighted by Gasteiger charge is -2.14. The van der Waals surface area contributed by atoms with Gasteiger partial charge in [0.25, 0.3) is 0 Å². The molecule has 1 aromatic carbocycles. The van der Waals surface area contributed by atoms with Gasteiger partial charge in [0.2, 0.25) is 3.79 Å². The SMILES string of the molecule is Cc1cccc(C(Cl)(Cl)Cl)c1N. The number of aryl methyl sites for hydroxylation is 1. The molecule has 0 unspecified atom stereocenters. The van der Waals surface area contributed by atoms with Crippen LogP contribution in [0.25, 0.3) is 0 Å². The van der Waals surface area contributed by atoms with Crippen LogP contribution in [-0.4, -0.2) is 0 Å². The highest BCUT2D eigenvalue weighted by Crippen LogP contribution is 2.41. The normalized spacial score (nSPS) is 11.7. The third-order valence-corrected chi connectivity index (χ3v) is 2.24. The molecule has 66 valence electrons. The van der Waals surface area contributed by atoms with Crippen LogP contribution in [0.5, 0.6) is 0 Å². The molecule has 0 saturated heterocycles. The third kappa shape index (κ3) is 1.98. The Balaban J connectivity index is 3.26. The minimum absolute atomic E-state index is 0.535. The Morgan fingerprint density at radius 2 is 1.83 bits per heavy atom. The summed E-state index contributed by atoms with van der Waals surface area (Å²) in [5, 5.41) is 0. The van der Waals surface area contributed by atoms with E-state index in [4.69, 9.17) is 40.5 Å². The van der Waals surface area contributed by atoms with Crippen molar-refractivity contribution >= 4 is 40.5 Å². The molecule has 0 fully saturated rings. The van der Waals surface area contributed by atoms with Crippen molar-refractivity contribution in [2.24, 2.45) is 0 Å². The van der Waals surface area contributed by atoms with Gasteiger partial charge in [-0.1, -0.05) is 53.0 Å². The van der Waals surface area contributed by atoms with E-state index in [0.29, 0.717) is 11.3 Å². The van der Waals surface area contributed by atoms with Crippen LogP contribution in [0.1, 0.15) is 11.1 Å². The van der Waals surface area contributed by atoms with Gasteiger partial charge in [0.05, 0.1) is 0 Å². The van der Waals surface area contributed by atoms with Crippen LogP contribution in [0.15, 0.2) is 18.2 Å². The monoisotopic (exact) mass is 223 g/mol. The topological polar surface area (TPSA) is 26.0 Å². The molecule has 0 radical (unpaired) electrons. The van der Waals surface area contributed by atoms with Crippen LogP contribution in [-0.2, 0) is 3.79 Å². The van der Waals surface area contributed by atoms with E-state index in [1.807, 2.05) is 19.1 Å². The van der Waals surface area contributed by atoms with Gasteiger partial charge in [0, 0.05) is 11.3 Å². The van der Waals surface area contributed by atoms with Gasteiger partial charge in [-0.2, -0.15) is 0 Å². The van der Waals surface area contributed by atoms with Gasteiger partial charge in [0.15, 0.2) is 0 Å². The molecule has 1 aromatic rings. The lowest BCUT2D eigenvalue weighted by molar-refractivity contribution is 1.23. The zero-order valence-corrected chi connectivity index (χ0v) is 8.71. The highest BCUT2D eigenvalue weighted by atomic mass is 35.6. The summed E-state index contributed by atoms with van der Waals surface area (Å²) in [5.74, 6) is 0. The number of para-hydroxylation sites is 1. The standard InChI is InChI=1S/C8H8Cl3N/c1-5-3-2-4-6(7(5)12)8(9,10)11/h2-4H,12H2,1H3. The van der Waals surface area contributed by atoms with Crippen LogP contribution in [0.3, 0.4) is 0 Å². The molecule has 0 aliphatic carbocycles. The van der Waals surface area contributed by atoms with Gasteiger partial charge < -0.3 is 5.73 Å². The summed E-state index contributed by atoms with van der Waals surface area (Å²) in [7, 11) is 0. The molecule has 0 bridgehead atoms. The lowest BCUT2D eigenvalue weighted by Crippen LogP contribution is -2.06. The summed E-state index contributed by atoms with van der Waals surface area (Å²) in [4.78, 5) is 0. The molecular formula is C8H8Cl3N. The van der Waals surface area contributed by atoms with E-state index in [0.717, 1.165) is 5.56 Å². The number of rotatable bonds is 0. The first kappa shape index (κ1) is 9.97. The number of nitrogens with two attached hydrogens (primary N) is 1. The molecule has 12 heavy (non-hydrogen) atoms. The maximum Gasteiger partial charge on any atom is 0.218 e. The van der Waals surface area contributed by atoms with Crippen molar-refractivity contribution in [1.29, 1.82) is 0 Å². The molecule has 0 heterocycles. The maximum atomic E-state index is 5.72. The second-order valence-corrected chi connectivity index (χ2v) is 4.82. The van der Waals surface area contributed by atoms with E-state index in [2.05, 4.69) is 0 Å². The van der Waals surface area contributed by atoms with E-state index in [-0.39, 0.29) is 0 Å². The fourth-order valence-electron chi connectivity index (χ4n) is 0.928. The molecular weight excluding hydrogens is 216 g/mol. The molecule has 0 atom stereocenters. The van der Waals surface area contributed by atoms with Crippen molar-refractivity contribution in [3.63, 3.8) is 0 Å². The van der Waals surface area contributed by atoms with E-state index >= 15 is 0 Å². The highest BCUT2D eigenvalue weighted by Gasteiger charge is 2.25. The van der Waals surface area contributed by atoms with Gasteiger partial charge in [-0.3, -0.25) is 0 Å². The molecule has 4 heteroatoms. The summed E-state index contributed by atoms with van der Waals surface area (Å²) < 4.78 is -1.43. The Morgan fingerprint density at radius 3 is 2.25 bits per heavy atom. The summed E-state index contributed by atoms with van der Waals surface area (Å²) in [6.07, 6.45) is 0. The predicted molar refractivity (Wildman–Crippen MR) is 54.8 cm³/mol. The van der Waals surface area contributed by atoms with E-state index in [9.17, 15) is 0 Å². The van der Waals surface area contributed by atoms with Gasteiger partial charge in [-0.15, -0.1) is 0 Å². The lowest BCUT2D eigenvalue weighted by atomic mass is 10.1. The second kappa shape index (κ2) is 3.33. The molecule has 0 aliphatic heterocycles. The van der Waals surface area contributed by atoms with Crippen molar-refractivity contribution in [2.75, 3.05) is 5.73 Å². The first-order chi connectivity index (χ1) is 5.43. The molecule has 1 nitrogen and oxygen atoms in total. The van der Waals surface area contributed by atoms with Gasteiger partial charge in [-0.25, -0.2) is 0 Å². The van der Waals surface area contributed by atoms with Crippen LogP contribution in [0.2, 0.25) is 0 Å². The fraction of sp³-hybridized carbons (Fsp3) is 0.250. The largest absolute Gasteiger partial charge is 0.398 e. The van der Waals surface area contributed by atoms with Crippen molar-refractivity contribution < 1.29 is 0 Å². The van der Waals surface area contributed by atoms with Crippen molar-refractivity contribution in [3.05, 3.63) is 29.3 Å². The van der Waals surface area contributed by atoms with Gasteiger partial charge in [-0.05, 0) is 12.5 Å². The maximum absolute atomic E-state index is 5.72. The fourth-order valence-corrected chi connectivity index (χ4v) is 1.42. The number of hydrogen-bond donors (Lipinski definition) is 1. The zero-order valence-electron chi connectivity index (χ0n) is 6.44. The first-order valence-corrected chi connectivity index (χ1v) is 4.48. The van der Waals surface area contributed by atoms with Crippen molar-refractivity contribution in [2.45, 2.75) is 10.7 Å². The number of anilines is 1. The molecule has 0 amide bonds. The average Bonchev–Trinajstić information content (AvgIpc) is 1.92. The Labute approximate surface area is 86.4 Å². The number of halogens is 3. The van der Waals surface area contributed by atoms with Crippen LogP contribution in [0.4, 0.5) is 5.69 Å². The van der Waals surface area contributed by atoms with Gasteiger partial charge in [0.1, 0.15) is 0 Å². The average molecular weight is 225 g/mol. The summed E-state index contributed by atoms with van der Waals surface area (Å²) in [6, 6.07) is 5.38. The van der Waals surface area contributed by atoms with E-state index in [1.54, 1.807) is 6.07 Å². The minimum atomic E-state index is -1.43. The number of hydrogen-bond acceptors (Lipinski definition) is 1. The zero-order chi connectivity index (χ0) is 9.35. The molecule has 2 N–H and O–H groups in total. The Bertz CT molecular complexity index is 291. The number of nitrogen functional groups attached to an aromatic ring is 1. The molecule has 0 aromatic heterocycles. The smallest absolute Gasteiger partial charge is 0.218 e. The molecule has 0 aliphatic rings. The second-order valence-electron chi connectivity index (χ2n) is 2.53. The first-order valence-electron chi connectivity index (χ1n) is 3.35. The summed E-state index contributed by atoms with van der Waals surface area (Å²) >= 11 is 17.1. The van der Waals surface area contributed by atoms with E-state index < -0.39 is 3.79 Å². The Hall–Kier alpha value is -0.110. The number of benzene rings is 1. The predicted octanol–water partition coefficient (Wildman–Crippen LogP) is 3.40. The molecule has 0 saturated carbocycles. The van der Waals surface area contributed by atoms with Crippen LogP contribution >= 0.6 is 34.8 Å². The third-order valence-electron chi connectivity index (χ3n) is 1.63. The van der Waals surface area contributed by atoms with Crippen molar-refractivity contribution in [3.8, 4) is 0 Å². The van der Waals surface area contributed by atoms with Crippen LogP contribution < -0.4 is 5.73 Å². The molecule has 0 spiro atoms. The van der Waals surface area contributed by atoms with Crippen molar-refractivity contribution in [1.82, 2.24) is 0 Å². The van der Waals surface area contributed by atoms with Gasteiger partial charge >= 0.3 is 0 Å². The Morgan fingerprint density at radius 1 is 1.25 bits per heavy atom. The quantitative estimate of drug-likeness (QED) is 0.530. The number of alkyl halides is 3. The molecule has 1 rings (SSSR count). The summed E-state index contributed by atoms with van der Waals surface area (Å²) in [6.45, 7) is 1.87. The highest BCUT2D eigenvalue weighted by molar-refractivity contribution is 6.67. The van der Waals surface area contributed by atoms with E-state index in [1.165, 1.54) is 0 Å². The summed E-state index contributed by atoms with van der Waals surface area (Å²) in [5.41, 5.74) is 7.71. The Kier molecular flexibility index (Phi) is 2.77. The van der Waals surface area contributed by atoms with Crippen LogP contribution in [0, 0.1) is 6.92 Å². The minimum Gasteiger partial charge on any atom is -0.398 e.